The van der Waals surface area contributed by atoms with Gasteiger partial charge in [-0.2, -0.15) is 0 Å². The highest BCUT2D eigenvalue weighted by atomic mass is 16.6. The Hall–Kier alpha value is -1.81. The van der Waals surface area contributed by atoms with E-state index in [1.165, 1.54) is 19.3 Å². The molecule has 0 aliphatic heterocycles. The summed E-state index contributed by atoms with van der Waals surface area (Å²) in [6.07, 6.45) is 4.59. The summed E-state index contributed by atoms with van der Waals surface area (Å²) in [4.78, 5) is 12.1. The molecule has 4 nitrogen and oxygen atoms in total. The predicted octanol–water partition coefficient (Wildman–Crippen LogP) is 3.67. The first-order valence-corrected chi connectivity index (χ1v) is 8.45. The molecule has 3 rings (SSSR count). The van der Waals surface area contributed by atoms with Crippen molar-refractivity contribution in [3.8, 4) is 0 Å². The topological polar surface area (TPSA) is 58.6 Å². The van der Waals surface area contributed by atoms with Crippen molar-refractivity contribution >= 4 is 12.2 Å². The van der Waals surface area contributed by atoms with Crippen molar-refractivity contribution in [2.45, 2.75) is 50.9 Å². The van der Waals surface area contributed by atoms with E-state index in [1.54, 1.807) is 13.0 Å². The molecule has 1 aromatic rings. The van der Waals surface area contributed by atoms with E-state index in [0.717, 1.165) is 23.5 Å². The number of rotatable bonds is 5. The fraction of sp³-hybridized carbons (Fsp3) is 0.526. The SMILES string of the molecule is C=Cc1ccccc1[C@H](O)[C@H](C)OC(=O)NC1CC2CCC1C2. The minimum atomic E-state index is -0.866. The van der Waals surface area contributed by atoms with Crippen LogP contribution < -0.4 is 5.32 Å². The van der Waals surface area contributed by atoms with E-state index in [0.29, 0.717) is 5.92 Å². The molecule has 2 bridgehead atoms. The summed E-state index contributed by atoms with van der Waals surface area (Å²) in [6, 6.07) is 7.70. The fourth-order valence-corrected chi connectivity index (χ4v) is 4.06. The summed E-state index contributed by atoms with van der Waals surface area (Å²) in [7, 11) is 0. The predicted molar refractivity (Wildman–Crippen MR) is 89.8 cm³/mol. The van der Waals surface area contributed by atoms with E-state index < -0.39 is 18.3 Å². The highest BCUT2D eigenvalue weighted by Crippen LogP contribution is 2.44. The van der Waals surface area contributed by atoms with Crippen LogP contribution in [0.15, 0.2) is 30.8 Å². The Morgan fingerprint density at radius 1 is 1.39 bits per heavy atom. The number of nitrogens with one attached hydrogen (secondary N) is 1. The van der Waals surface area contributed by atoms with E-state index in [-0.39, 0.29) is 6.04 Å². The van der Waals surface area contributed by atoms with Gasteiger partial charge in [0.1, 0.15) is 12.2 Å². The molecule has 2 saturated carbocycles. The smallest absolute Gasteiger partial charge is 0.407 e. The molecule has 3 unspecified atom stereocenters. The average molecular weight is 315 g/mol. The van der Waals surface area contributed by atoms with Crippen LogP contribution in [0, 0.1) is 11.8 Å². The van der Waals surface area contributed by atoms with Gasteiger partial charge in [0.25, 0.3) is 0 Å². The zero-order chi connectivity index (χ0) is 16.4. The number of benzene rings is 1. The van der Waals surface area contributed by atoms with Gasteiger partial charge in [-0.15, -0.1) is 0 Å². The second kappa shape index (κ2) is 6.75. The molecular formula is C19H25NO3. The molecule has 2 fully saturated rings. The third-order valence-corrected chi connectivity index (χ3v) is 5.31. The van der Waals surface area contributed by atoms with Gasteiger partial charge in [0, 0.05) is 6.04 Å². The summed E-state index contributed by atoms with van der Waals surface area (Å²) in [6.45, 7) is 5.47. The minimum absolute atomic E-state index is 0.242. The Kier molecular flexibility index (Phi) is 4.71. The Balaban J connectivity index is 1.56. The Morgan fingerprint density at radius 3 is 2.83 bits per heavy atom. The first kappa shape index (κ1) is 16.1. The molecule has 4 heteroatoms. The molecule has 1 aromatic carbocycles. The van der Waals surface area contributed by atoms with Crippen LogP contribution in [0.2, 0.25) is 0 Å². The van der Waals surface area contributed by atoms with Crippen LogP contribution in [0.25, 0.3) is 6.08 Å². The van der Waals surface area contributed by atoms with Gasteiger partial charge in [-0.1, -0.05) is 43.3 Å². The van der Waals surface area contributed by atoms with Gasteiger partial charge in [-0.25, -0.2) is 4.79 Å². The second-order valence-corrected chi connectivity index (χ2v) is 6.81. The average Bonchev–Trinajstić information content (AvgIpc) is 3.16. The number of hydrogen-bond acceptors (Lipinski definition) is 3. The van der Waals surface area contributed by atoms with E-state index in [1.807, 2.05) is 24.3 Å². The number of carbonyl (C=O) groups is 1. The van der Waals surface area contributed by atoms with Crippen molar-refractivity contribution in [1.29, 1.82) is 0 Å². The molecule has 2 aliphatic carbocycles. The minimum Gasteiger partial charge on any atom is -0.443 e. The molecule has 0 saturated heterocycles. The van der Waals surface area contributed by atoms with Gasteiger partial charge in [0.05, 0.1) is 0 Å². The van der Waals surface area contributed by atoms with E-state index in [4.69, 9.17) is 4.74 Å². The molecule has 0 heterocycles. The highest BCUT2D eigenvalue weighted by molar-refractivity contribution is 5.68. The molecule has 23 heavy (non-hydrogen) atoms. The van der Waals surface area contributed by atoms with Crippen LogP contribution in [0.1, 0.15) is 49.8 Å². The fourth-order valence-electron chi connectivity index (χ4n) is 4.06. The van der Waals surface area contributed by atoms with Crippen LogP contribution >= 0.6 is 0 Å². The van der Waals surface area contributed by atoms with E-state index in [2.05, 4.69) is 11.9 Å². The maximum absolute atomic E-state index is 12.1. The number of fused-ring (bicyclic) bond motifs is 2. The lowest BCUT2D eigenvalue weighted by molar-refractivity contribution is 0.00988. The quantitative estimate of drug-likeness (QED) is 0.871. The molecule has 124 valence electrons. The summed E-state index contributed by atoms with van der Waals surface area (Å²) in [5.41, 5.74) is 1.58. The highest BCUT2D eigenvalue weighted by Gasteiger charge is 2.40. The number of ether oxygens (including phenoxy) is 1. The molecule has 0 spiro atoms. The third kappa shape index (κ3) is 3.42. The monoisotopic (exact) mass is 315 g/mol. The van der Waals surface area contributed by atoms with Gasteiger partial charge in [-0.05, 0) is 49.1 Å². The van der Waals surface area contributed by atoms with Gasteiger partial charge in [-0.3, -0.25) is 0 Å². The molecule has 0 radical (unpaired) electrons. The third-order valence-electron chi connectivity index (χ3n) is 5.31. The number of alkyl carbamates (subject to hydrolysis) is 1. The maximum atomic E-state index is 12.1. The standard InChI is InChI=1S/C19H25NO3/c1-3-14-6-4-5-7-16(14)18(21)12(2)23-19(22)20-17-11-13-8-9-15(17)10-13/h3-7,12-13,15,17-18,21H,1,8-11H2,2H3,(H,20,22)/t12-,13?,15?,17?,18+/m0/s1. The van der Waals surface area contributed by atoms with Gasteiger partial charge in [0.2, 0.25) is 0 Å². The van der Waals surface area contributed by atoms with Crippen molar-refractivity contribution in [2.24, 2.45) is 11.8 Å². The largest absolute Gasteiger partial charge is 0.443 e. The van der Waals surface area contributed by atoms with Crippen molar-refractivity contribution in [3.63, 3.8) is 0 Å². The zero-order valence-electron chi connectivity index (χ0n) is 13.6. The van der Waals surface area contributed by atoms with Crippen molar-refractivity contribution in [1.82, 2.24) is 5.32 Å². The first-order chi connectivity index (χ1) is 11.1. The molecular weight excluding hydrogens is 290 g/mol. The molecule has 0 aromatic heterocycles. The number of carbonyl (C=O) groups excluding carboxylic acids is 1. The number of hydrogen-bond donors (Lipinski definition) is 2. The summed E-state index contributed by atoms with van der Waals surface area (Å²) in [5.74, 6) is 1.38. The van der Waals surface area contributed by atoms with Crippen LogP contribution in [0.4, 0.5) is 4.79 Å². The van der Waals surface area contributed by atoms with E-state index >= 15 is 0 Å². The van der Waals surface area contributed by atoms with Gasteiger partial charge < -0.3 is 15.2 Å². The number of aliphatic hydroxyl groups is 1. The Morgan fingerprint density at radius 2 is 2.17 bits per heavy atom. The number of amides is 1. The van der Waals surface area contributed by atoms with Crippen molar-refractivity contribution in [3.05, 3.63) is 42.0 Å². The molecule has 1 amide bonds. The maximum Gasteiger partial charge on any atom is 0.407 e. The van der Waals surface area contributed by atoms with E-state index in [9.17, 15) is 9.90 Å². The van der Waals surface area contributed by atoms with Crippen LogP contribution in [0.3, 0.4) is 0 Å². The summed E-state index contributed by atoms with van der Waals surface area (Å²) < 4.78 is 5.40. The normalized spacial score (nSPS) is 28.2. The van der Waals surface area contributed by atoms with Crippen molar-refractivity contribution in [2.75, 3.05) is 0 Å². The van der Waals surface area contributed by atoms with Crippen molar-refractivity contribution < 1.29 is 14.6 Å². The summed E-state index contributed by atoms with van der Waals surface area (Å²) >= 11 is 0. The zero-order valence-corrected chi connectivity index (χ0v) is 13.6. The molecule has 2 aliphatic rings. The Bertz CT molecular complexity index is 586. The van der Waals surface area contributed by atoms with Gasteiger partial charge >= 0.3 is 6.09 Å². The Labute approximate surface area is 137 Å². The second-order valence-electron chi connectivity index (χ2n) is 6.81. The first-order valence-electron chi connectivity index (χ1n) is 8.45. The van der Waals surface area contributed by atoms with Crippen LogP contribution in [-0.2, 0) is 4.74 Å². The van der Waals surface area contributed by atoms with Gasteiger partial charge in [0.15, 0.2) is 0 Å². The van der Waals surface area contributed by atoms with Crippen LogP contribution in [0.5, 0.6) is 0 Å². The lowest BCUT2D eigenvalue weighted by Gasteiger charge is -2.25. The summed E-state index contributed by atoms with van der Waals surface area (Å²) in [5, 5.41) is 13.4. The lowest BCUT2D eigenvalue weighted by Crippen LogP contribution is -2.40. The number of aliphatic hydroxyl groups excluding tert-OH is 1. The lowest BCUT2D eigenvalue weighted by atomic mass is 9.95. The molecule has 2 N–H and O–H groups in total. The van der Waals surface area contributed by atoms with Crippen LogP contribution in [-0.4, -0.2) is 23.3 Å². The molecule has 5 atom stereocenters.